The lowest BCUT2D eigenvalue weighted by Crippen LogP contribution is -2.34. The highest BCUT2D eigenvalue weighted by Crippen LogP contribution is 2.30. The SMILES string of the molecule is CN(C)C(CNC(=O)c1cccc(NC(=O)C2CC2)c1)c1cccs1. The van der Waals surface area contributed by atoms with E-state index in [1.807, 2.05) is 31.6 Å². The highest BCUT2D eigenvalue weighted by molar-refractivity contribution is 7.10. The number of nitrogens with zero attached hydrogens (tertiary/aromatic N) is 1. The molecule has 1 fully saturated rings. The zero-order valence-electron chi connectivity index (χ0n) is 14.5. The molecule has 1 aromatic carbocycles. The third-order valence-corrected chi connectivity index (χ3v) is 5.26. The van der Waals surface area contributed by atoms with Crippen LogP contribution in [0.15, 0.2) is 41.8 Å². The smallest absolute Gasteiger partial charge is 0.251 e. The molecule has 2 amide bonds. The van der Waals surface area contributed by atoms with Gasteiger partial charge in [-0.2, -0.15) is 0 Å². The molecular weight excluding hydrogens is 334 g/mol. The van der Waals surface area contributed by atoms with Crippen LogP contribution in [0.2, 0.25) is 0 Å². The van der Waals surface area contributed by atoms with Crippen molar-refractivity contribution in [2.45, 2.75) is 18.9 Å². The Labute approximate surface area is 152 Å². The summed E-state index contributed by atoms with van der Waals surface area (Å²) in [5.74, 6) is 0.0537. The molecule has 5 nitrogen and oxygen atoms in total. The van der Waals surface area contributed by atoms with Crippen molar-refractivity contribution < 1.29 is 9.59 Å². The number of likely N-dealkylation sites (N-methyl/N-ethyl adjacent to an activating group) is 1. The van der Waals surface area contributed by atoms with Crippen LogP contribution in [0.1, 0.15) is 34.1 Å². The first-order chi connectivity index (χ1) is 12.0. The van der Waals surface area contributed by atoms with E-state index in [1.165, 1.54) is 4.88 Å². The van der Waals surface area contributed by atoms with Crippen molar-refractivity contribution >= 4 is 28.8 Å². The number of hydrogen-bond acceptors (Lipinski definition) is 4. The lowest BCUT2D eigenvalue weighted by molar-refractivity contribution is -0.117. The van der Waals surface area contributed by atoms with E-state index in [0.717, 1.165) is 12.8 Å². The molecule has 2 aromatic rings. The summed E-state index contributed by atoms with van der Waals surface area (Å²) >= 11 is 1.68. The van der Waals surface area contributed by atoms with Crippen LogP contribution >= 0.6 is 11.3 Å². The van der Waals surface area contributed by atoms with Gasteiger partial charge in [0, 0.05) is 28.6 Å². The first-order valence-corrected chi connectivity index (χ1v) is 9.31. The molecule has 2 N–H and O–H groups in total. The number of carbonyl (C=O) groups excluding carboxylic acids is 2. The number of benzene rings is 1. The van der Waals surface area contributed by atoms with E-state index in [2.05, 4.69) is 21.6 Å². The molecule has 25 heavy (non-hydrogen) atoms. The van der Waals surface area contributed by atoms with Gasteiger partial charge in [0.2, 0.25) is 5.91 Å². The summed E-state index contributed by atoms with van der Waals surface area (Å²) in [7, 11) is 4.01. The van der Waals surface area contributed by atoms with Crippen molar-refractivity contribution in [3.8, 4) is 0 Å². The number of anilines is 1. The van der Waals surface area contributed by atoms with Gasteiger partial charge in [0.1, 0.15) is 0 Å². The third-order valence-electron chi connectivity index (χ3n) is 4.29. The van der Waals surface area contributed by atoms with Gasteiger partial charge in [0.25, 0.3) is 5.91 Å². The van der Waals surface area contributed by atoms with E-state index in [9.17, 15) is 9.59 Å². The summed E-state index contributed by atoms with van der Waals surface area (Å²) in [6.45, 7) is 0.533. The molecule has 132 valence electrons. The van der Waals surface area contributed by atoms with E-state index < -0.39 is 0 Å². The number of thiophene rings is 1. The van der Waals surface area contributed by atoms with Crippen LogP contribution in [0.25, 0.3) is 0 Å². The van der Waals surface area contributed by atoms with Gasteiger partial charge in [-0.15, -0.1) is 11.3 Å². The number of nitrogens with one attached hydrogen (secondary N) is 2. The van der Waals surface area contributed by atoms with Crippen LogP contribution in [-0.4, -0.2) is 37.4 Å². The minimum atomic E-state index is -0.133. The zero-order chi connectivity index (χ0) is 17.8. The molecule has 1 heterocycles. The Kier molecular flexibility index (Phi) is 5.50. The zero-order valence-corrected chi connectivity index (χ0v) is 15.3. The standard InChI is InChI=1S/C19H23N3O2S/c1-22(2)16(17-7-4-10-25-17)12-20-18(23)14-5-3-6-15(11-14)21-19(24)13-8-9-13/h3-7,10-11,13,16H,8-9,12H2,1-2H3,(H,20,23)(H,21,24). The highest BCUT2D eigenvalue weighted by atomic mass is 32.1. The van der Waals surface area contributed by atoms with E-state index in [4.69, 9.17) is 0 Å². The van der Waals surface area contributed by atoms with Crippen LogP contribution < -0.4 is 10.6 Å². The van der Waals surface area contributed by atoms with Crippen LogP contribution in [-0.2, 0) is 4.79 Å². The van der Waals surface area contributed by atoms with Crippen molar-refractivity contribution in [1.82, 2.24) is 10.2 Å². The van der Waals surface area contributed by atoms with Gasteiger partial charge < -0.3 is 15.5 Å². The van der Waals surface area contributed by atoms with Crippen LogP contribution in [0, 0.1) is 5.92 Å². The maximum atomic E-state index is 12.5. The number of amides is 2. The summed E-state index contributed by atoms with van der Waals surface area (Å²) in [6, 6.07) is 11.3. The second-order valence-corrected chi connectivity index (χ2v) is 7.53. The first kappa shape index (κ1) is 17.6. The van der Waals surface area contributed by atoms with E-state index >= 15 is 0 Å². The number of rotatable bonds is 7. The second-order valence-electron chi connectivity index (χ2n) is 6.55. The third kappa shape index (κ3) is 4.67. The monoisotopic (exact) mass is 357 g/mol. The molecule has 1 aliphatic rings. The Bertz CT molecular complexity index is 739. The minimum Gasteiger partial charge on any atom is -0.350 e. The lowest BCUT2D eigenvalue weighted by atomic mass is 10.1. The average Bonchev–Trinajstić information content (AvgIpc) is 3.31. The van der Waals surface area contributed by atoms with Crippen LogP contribution in [0.4, 0.5) is 5.69 Å². The molecule has 0 spiro atoms. The van der Waals surface area contributed by atoms with Crippen molar-refractivity contribution in [3.05, 3.63) is 52.2 Å². The molecule has 0 saturated heterocycles. The van der Waals surface area contributed by atoms with Crippen LogP contribution in [0.3, 0.4) is 0 Å². The largest absolute Gasteiger partial charge is 0.350 e. The highest BCUT2D eigenvalue weighted by Gasteiger charge is 2.29. The van der Waals surface area contributed by atoms with Crippen molar-refractivity contribution in [2.24, 2.45) is 5.92 Å². The van der Waals surface area contributed by atoms with Gasteiger partial charge in [-0.3, -0.25) is 9.59 Å². The predicted octanol–water partition coefficient (Wildman–Crippen LogP) is 3.13. The molecule has 1 saturated carbocycles. The summed E-state index contributed by atoms with van der Waals surface area (Å²) in [5, 5.41) is 7.92. The fourth-order valence-electron chi connectivity index (χ4n) is 2.64. The predicted molar refractivity (Wildman–Crippen MR) is 101 cm³/mol. The van der Waals surface area contributed by atoms with Crippen LogP contribution in [0.5, 0.6) is 0 Å². The van der Waals surface area contributed by atoms with Crippen molar-refractivity contribution in [3.63, 3.8) is 0 Å². The lowest BCUT2D eigenvalue weighted by Gasteiger charge is -2.23. The van der Waals surface area contributed by atoms with Gasteiger partial charge in [-0.1, -0.05) is 12.1 Å². The topological polar surface area (TPSA) is 61.4 Å². The van der Waals surface area contributed by atoms with Gasteiger partial charge in [-0.05, 0) is 56.6 Å². The van der Waals surface area contributed by atoms with Gasteiger partial charge in [0.15, 0.2) is 0 Å². The second kappa shape index (κ2) is 7.80. The first-order valence-electron chi connectivity index (χ1n) is 8.43. The molecule has 6 heteroatoms. The molecule has 1 aromatic heterocycles. The summed E-state index contributed by atoms with van der Waals surface area (Å²) < 4.78 is 0. The Morgan fingerprint density at radius 3 is 2.68 bits per heavy atom. The molecule has 3 rings (SSSR count). The maximum Gasteiger partial charge on any atom is 0.251 e. The van der Waals surface area contributed by atoms with E-state index in [-0.39, 0.29) is 23.8 Å². The normalized spacial score (nSPS) is 15.0. The molecule has 1 atom stereocenters. The Morgan fingerprint density at radius 2 is 2.04 bits per heavy atom. The summed E-state index contributed by atoms with van der Waals surface area (Å²) in [4.78, 5) is 27.7. The van der Waals surface area contributed by atoms with Gasteiger partial charge >= 0.3 is 0 Å². The van der Waals surface area contributed by atoms with Crippen molar-refractivity contribution in [1.29, 1.82) is 0 Å². The Balaban J connectivity index is 1.61. The number of hydrogen-bond donors (Lipinski definition) is 2. The molecule has 0 radical (unpaired) electrons. The van der Waals surface area contributed by atoms with Gasteiger partial charge in [-0.25, -0.2) is 0 Å². The quantitative estimate of drug-likeness (QED) is 0.800. The fraction of sp³-hybridized carbons (Fsp3) is 0.368. The molecule has 1 aliphatic carbocycles. The van der Waals surface area contributed by atoms with E-state index in [1.54, 1.807) is 29.5 Å². The Hall–Kier alpha value is -2.18. The summed E-state index contributed by atoms with van der Waals surface area (Å²) in [6.07, 6.45) is 1.92. The average molecular weight is 357 g/mol. The van der Waals surface area contributed by atoms with E-state index in [0.29, 0.717) is 17.8 Å². The van der Waals surface area contributed by atoms with Gasteiger partial charge in [0.05, 0.1) is 6.04 Å². The minimum absolute atomic E-state index is 0.0444. The number of carbonyl (C=O) groups is 2. The molecule has 1 unspecified atom stereocenters. The molecule has 0 bridgehead atoms. The molecular formula is C19H23N3O2S. The van der Waals surface area contributed by atoms with Crippen molar-refractivity contribution in [2.75, 3.05) is 26.0 Å². The molecule has 0 aliphatic heterocycles. The Morgan fingerprint density at radius 1 is 1.24 bits per heavy atom. The maximum absolute atomic E-state index is 12.5. The summed E-state index contributed by atoms with van der Waals surface area (Å²) in [5.41, 5.74) is 1.23. The fourth-order valence-corrected chi connectivity index (χ4v) is 3.56.